The standard InChI is InChI=1S/C26H19ClN4O/c27-21-12-14-22(15-13-21)28-26(32)30-23-7-4-16-31-17-24(29-25(23)31)20-10-8-19(9-11-20)18-5-2-1-3-6-18/h1-17H,(H2,28,30,32). The largest absolute Gasteiger partial charge is 0.323 e. The van der Waals surface area contributed by atoms with Crippen LogP contribution in [-0.4, -0.2) is 15.4 Å². The number of pyridine rings is 1. The van der Waals surface area contributed by atoms with E-state index < -0.39 is 0 Å². The maximum absolute atomic E-state index is 12.5. The number of carbonyl (C=O) groups excluding carboxylic acids is 1. The van der Waals surface area contributed by atoms with E-state index in [1.54, 1.807) is 24.3 Å². The second kappa shape index (κ2) is 8.57. The molecule has 6 heteroatoms. The van der Waals surface area contributed by atoms with Crippen LogP contribution in [0.4, 0.5) is 16.2 Å². The molecule has 0 saturated heterocycles. The average molecular weight is 439 g/mol. The van der Waals surface area contributed by atoms with E-state index in [1.165, 1.54) is 5.56 Å². The molecule has 0 radical (unpaired) electrons. The third-order valence-corrected chi connectivity index (χ3v) is 5.37. The number of hydrogen-bond acceptors (Lipinski definition) is 2. The van der Waals surface area contributed by atoms with Gasteiger partial charge in [0.25, 0.3) is 0 Å². The fraction of sp³-hybridized carbons (Fsp3) is 0. The zero-order valence-corrected chi connectivity index (χ0v) is 17.8. The van der Waals surface area contributed by atoms with Gasteiger partial charge >= 0.3 is 6.03 Å². The first-order valence-corrected chi connectivity index (χ1v) is 10.5. The Balaban J connectivity index is 1.38. The summed E-state index contributed by atoms with van der Waals surface area (Å²) in [6, 6.07) is 28.8. The van der Waals surface area contributed by atoms with E-state index in [4.69, 9.17) is 16.6 Å². The van der Waals surface area contributed by atoms with E-state index in [-0.39, 0.29) is 6.03 Å². The number of fused-ring (bicyclic) bond motifs is 1. The number of nitrogens with zero attached hydrogens (tertiary/aromatic N) is 2. The van der Waals surface area contributed by atoms with Crippen molar-refractivity contribution in [2.45, 2.75) is 0 Å². The molecule has 0 aliphatic carbocycles. The Morgan fingerprint density at radius 1 is 0.750 bits per heavy atom. The second-order valence-corrected chi connectivity index (χ2v) is 7.74. The summed E-state index contributed by atoms with van der Waals surface area (Å²) in [5, 5.41) is 6.29. The molecule has 2 aromatic heterocycles. The van der Waals surface area contributed by atoms with Gasteiger partial charge in [-0.3, -0.25) is 0 Å². The lowest BCUT2D eigenvalue weighted by molar-refractivity contribution is 0.262. The summed E-state index contributed by atoms with van der Waals surface area (Å²) in [4.78, 5) is 17.2. The number of rotatable bonds is 4. The van der Waals surface area contributed by atoms with Crippen molar-refractivity contribution in [1.82, 2.24) is 9.38 Å². The Hall–Kier alpha value is -4.09. The molecule has 0 unspecified atom stereocenters. The Labute approximate surface area is 190 Å². The molecular formula is C26H19ClN4O. The first-order chi connectivity index (χ1) is 15.7. The van der Waals surface area contributed by atoms with Crippen LogP contribution in [0.5, 0.6) is 0 Å². The van der Waals surface area contributed by atoms with Crippen LogP contribution in [0, 0.1) is 0 Å². The fourth-order valence-electron chi connectivity index (χ4n) is 3.53. The lowest BCUT2D eigenvalue weighted by Gasteiger charge is -2.08. The molecule has 0 aliphatic heterocycles. The van der Waals surface area contributed by atoms with Crippen LogP contribution in [0.3, 0.4) is 0 Å². The van der Waals surface area contributed by atoms with Crippen molar-refractivity contribution in [3.8, 4) is 22.4 Å². The van der Waals surface area contributed by atoms with Crippen molar-refractivity contribution in [2.75, 3.05) is 10.6 Å². The van der Waals surface area contributed by atoms with E-state index in [9.17, 15) is 4.79 Å². The Bertz CT molecular complexity index is 1380. The van der Waals surface area contributed by atoms with Crippen LogP contribution >= 0.6 is 11.6 Å². The van der Waals surface area contributed by atoms with Gasteiger partial charge in [0.15, 0.2) is 5.65 Å². The number of nitrogens with one attached hydrogen (secondary N) is 2. The predicted molar refractivity (Wildman–Crippen MR) is 130 cm³/mol. The smallest absolute Gasteiger partial charge is 0.308 e. The molecule has 0 saturated carbocycles. The summed E-state index contributed by atoms with van der Waals surface area (Å²) in [5.41, 5.74) is 6.10. The molecule has 32 heavy (non-hydrogen) atoms. The highest BCUT2D eigenvalue weighted by atomic mass is 35.5. The van der Waals surface area contributed by atoms with Crippen LogP contribution in [-0.2, 0) is 0 Å². The summed E-state index contributed by atoms with van der Waals surface area (Å²) in [7, 11) is 0. The van der Waals surface area contributed by atoms with Crippen molar-refractivity contribution >= 4 is 34.7 Å². The summed E-state index contributed by atoms with van der Waals surface area (Å²) in [6.45, 7) is 0. The number of benzene rings is 3. The van der Waals surface area contributed by atoms with Crippen LogP contribution in [0.1, 0.15) is 0 Å². The van der Waals surface area contributed by atoms with Crippen molar-refractivity contribution < 1.29 is 4.79 Å². The maximum atomic E-state index is 12.5. The van der Waals surface area contributed by atoms with Gasteiger partial charge < -0.3 is 15.0 Å². The van der Waals surface area contributed by atoms with Gasteiger partial charge in [-0.05, 0) is 47.5 Å². The van der Waals surface area contributed by atoms with Crippen LogP contribution in [0.25, 0.3) is 28.0 Å². The van der Waals surface area contributed by atoms with Gasteiger partial charge in [-0.1, -0.05) is 66.2 Å². The first-order valence-electron chi connectivity index (χ1n) is 10.1. The fourth-order valence-corrected chi connectivity index (χ4v) is 3.66. The third-order valence-electron chi connectivity index (χ3n) is 5.12. The number of hydrogen-bond donors (Lipinski definition) is 2. The first kappa shape index (κ1) is 19.8. The van der Waals surface area contributed by atoms with Crippen LogP contribution in [0.2, 0.25) is 5.02 Å². The molecule has 0 spiro atoms. The molecule has 2 heterocycles. The molecule has 156 valence electrons. The van der Waals surface area contributed by atoms with Gasteiger partial charge in [-0.15, -0.1) is 0 Å². The van der Waals surface area contributed by atoms with Gasteiger partial charge in [0.1, 0.15) is 0 Å². The molecular weight excluding hydrogens is 420 g/mol. The van der Waals surface area contributed by atoms with Crippen molar-refractivity contribution in [3.05, 3.63) is 108 Å². The molecule has 2 N–H and O–H groups in total. The highest BCUT2D eigenvalue weighted by molar-refractivity contribution is 6.30. The van der Waals surface area contributed by atoms with Crippen LogP contribution < -0.4 is 10.6 Å². The molecule has 0 bridgehead atoms. The molecule has 0 aliphatic rings. The van der Waals surface area contributed by atoms with Gasteiger partial charge in [-0.2, -0.15) is 0 Å². The number of imidazole rings is 1. The predicted octanol–water partition coefficient (Wildman–Crippen LogP) is 6.97. The molecule has 5 aromatic rings. The van der Waals surface area contributed by atoms with E-state index in [0.29, 0.717) is 22.0 Å². The maximum Gasteiger partial charge on any atom is 0.323 e. The van der Waals surface area contributed by atoms with Gasteiger partial charge in [0.05, 0.1) is 11.4 Å². The molecule has 2 amide bonds. The van der Waals surface area contributed by atoms with Gasteiger partial charge in [-0.25, -0.2) is 9.78 Å². The average Bonchev–Trinajstić information content (AvgIpc) is 3.27. The third kappa shape index (κ3) is 4.19. The van der Waals surface area contributed by atoms with Crippen molar-refractivity contribution in [3.63, 3.8) is 0 Å². The number of anilines is 2. The molecule has 5 rings (SSSR count). The lowest BCUT2D eigenvalue weighted by atomic mass is 10.0. The Morgan fingerprint density at radius 2 is 1.44 bits per heavy atom. The summed E-state index contributed by atoms with van der Waals surface area (Å²) < 4.78 is 1.90. The molecule has 0 atom stereocenters. The van der Waals surface area contributed by atoms with Crippen LogP contribution in [0.15, 0.2) is 103 Å². The summed E-state index contributed by atoms with van der Waals surface area (Å²) in [5.74, 6) is 0. The summed E-state index contributed by atoms with van der Waals surface area (Å²) in [6.07, 6.45) is 3.86. The van der Waals surface area contributed by atoms with Crippen molar-refractivity contribution in [2.24, 2.45) is 0 Å². The SMILES string of the molecule is O=C(Nc1ccc(Cl)cc1)Nc1cccn2cc(-c3ccc(-c4ccccc4)cc3)nc12. The number of carbonyl (C=O) groups is 1. The minimum absolute atomic E-state index is 0.350. The zero-order chi connectivity index (χ0) is 21.9. The zero-order valence-electron chi connectivity index (χ0n) is 17.0. The molecule has 5 nitrogen and oxygen atoms in total. The Kier molecular flexibility index (Phi) is 5.32. The van der Waals surface area contributed by atoms with Gasteiger partial charge in [0.2, 0.25) is 0 Å². The monoisotopic (exact) mass is 438 g/mol. The number of halogens is 1. The topological polar surface area (TPSA) is 58.4 Å². The highest BCUT2D eigenvalue weighted by Crippen LogP contribution is 2.26. The van der Waals surface area contributed by atoms with Crippen molar-refractivity contribution in [1.29, 1.82) is 0 Å². The number of aromatic nitrogens is 2. The van der Waals surface area contributed by atoms with E-state index in [2.05, 4.69) is 47.0 Å². The van der Waals surface area contributed by atoms with E-state index >= 15 is 0 Å². The Morgan fingerprint density at radius 3 is 2.19 bits per heavy atom. The summed E-state index contributed by atoms with van der Waals surface area (Å²) >= 11 is 5.90. The second-order valence-electron chi connectivity index (χ2n) is 7.31. The normalized spacial score (nSPS) is 10.8. The van der Waals surface area contributed by atoms with E-state index in [1.807, 2.05) is 47.1 Å². The lowest BCUT2D eigenvalue weighted by Crippen LogP contribution is -2.19. The minimum Gasteiger partial charge on any atom is -0.308 e. The number of amides is 2. The molecule has 3 aromatic carbocycles. The minimum atomic E-state index is -0.350. The highest BCUT2D eigenvalue weighted by Gasteiger charge is 2.11. The quantitative estimate of drug-likeness (QED) is 0.318. The number of urea groups is 1. The molecule has 0 fully saturated rings. The van der Waals surface area contributed by atoms with E-state index in [0.717, 1.165) is 16.8 Å². The van der Waals surface area contributed by atoms with Gasteiger partial charge in [0, 0.05) is 28.7 Å².